The van der Waals surface area contributed by atoms with E-state index in [9.17, 15) is 4.79 Å². The highest BCUT2D eigenvalue weighted by Crippen LogP contribution is 2.23. The van der Waals surface area contributed by atoms with Crippen LogP contribution < -0.4 is 10.2 Å². The Kier molecular flexibility index (Phi) is 5.13. The lowest BCUT2D eigenvalue weighted by molar-refractivity contribution is -0.121. The fourth-order valence-corrected chi connectivity index (χ4v) is 3.06. The Bertz CT molecular complexity index is 662. The second-order valence-electron chi connectivity index (χ2n) is 5.80. The molecule has 1 aliphatic heterocycles. The minimum atomic E-state index is 0.0913. The summed E-state index contributed by atoms with van der Waals surface area (Å²) in [5, 5.41) is 3.86. The van der Waals surface area contributed by atoms with Crippen molar-refractivity contribution in [2.24, 2.45) is 0 Å². The van der Waals surface area contributed by atoms with E-state index in [-0.39, 0.29) is 11.9 Å². The summed E-state index contributed by atoms with van der Waals surface area (Å²) in [6, 6.07) is 13.8. The zero-order valence-corrected chi connectivity index (χ0v) is 13.7. The van der Waals surface area contributed by atoms with Crippen molar-refractivity contribution in [3.63, 3.8) is 0 Å². The van der Waals surface area contributed by atoms with Gasteiger partial charge in [0.05, 0.1) is 0 Å². The number of halogens is 1. The molecule has 1 aliphatic rings. The predicted octanol–water partition coefficient (Wildman–Crippen LogP) is 3.06. The van der Waals surface area contributed by atoms with Crippen LogP contribution in [0.4, 0.5) is 5.69 Å². The number of aromatic nitrogens is 1. The number of nitrogens with one attached hydrogen (secondary N) is 1. The van der Waals surface area contributed by atoms with Gasteiger partial charge in [0.15, 0.2) is 0 Å². The second-order valence-corrected chi connectivity index (χ2v) is 6.24. The summed E-state index contributed by atoms with van der Waals surface area (Å²) in [4.78, 5) is 18.6. The molecule has 5 heteroatoms. The molecule has 0 unspecified atom stereocenters. The van der Waals surface area contributed by atoms with E-state index in [4.69, 9.17) is 11.6 Å². The van der Waals surface area contributed by atoms with Gasteiger partial charge in [-0.15, -0.1) is 0 Å². The fraction of sp³-hybridized carbons (Fsp3) is 0.333. The number of nitrogens with zero attached hydrogens (tertiary/aromatic N) is 2. The van der Waals surface area contributed by atoms with E-state index >= 15 is 0 Å². The molecule has 0 spiro atoms. The van der Waals surface area contributed by atoms with Gasteiger partial charge in [-0.1, -0.05) is 23.7 Å². The number of carbonyl (C=O) groups is 1. The number of anilines is 1. The van der Waals surface area contributed by atoms with Crippen molar-refractivity contribution in [1.29, 1.82) is 0 Å². The van der Waals surface area contributed by atoms with Crippen LogP contribution in [0.2, 0.25) is 5.02 Å². The normalized spacial score (nSPS) is 17.3. The van der Waals surface area contributed by atoms with Gasteiger partial charge in [-0.3, -0.25) is 9.78 Å². The summed E-state index contributed by atoms with van der Waals surface area (Å²) in [5.74, 6) is 0.0913. The number of hydrogen-bond acceptors (Lipinski definition) is 3. The molecule has 23 heavy (non-hydrogen) atoms. The quantitative estimate of drug-likeness (QED) is 0.917. The van der Waals surface area contributed by atoms with Crippen LogP contribution in [0.15, 0.2) is 48.7 Å². The first-order chi connectivity index (χ1) is 11.2. The maximum Gasteiger partial charge on any atom is 0.220 e. The molecule has 2 heterocycles. The molecule has 1 atom stereocenters. The molecule has 1 fully saturated rings. The molecule has 1 aromatic carbocycles. The van der Waals surface area contributed by atoms with E-state index in [1.54, 1.807) is 6.20 Å². The minimum Gasteiger partial charge on any atom is -0.369 e. The van der Waals surface area contributed by atoms with Crippen molar-refractivity contribution in [3.8, 4) is 0 Å². The van der Waals surface area contributed by atoms with Crippen molar-refractivity contribution < 1.29 is 4.79 Å². The number of amides is 1. The largest absolute Gasteiger partial charge is 0.369 e. The third-order valence-corrected chi connectivity index (χ3v) is 4.30. The van der Waals surface area contributed by atoms with Gasteiger partial charge < -0.3 is 10.2 Å². The second kappa shape index (κ2) is 7.47. The van der Waals surface area contributed by atoms with Crippen LogP contribution in [0, 0.1) is 0 Å². The SMILES string of the molecule is O=C(CCc1ccccn1)N[C@H]1CCN(c2cccc(Cl)c2)C1. The van der Waals surface area contributed by atoms with Crippen LogP contribution in [0.1, 0.15) is 18.5 Å². The van der Waals surface area contributed by atoms with Gasteiger partial charge in [-0.25, -0.2) is 0 Å². The van der Waals surface area contributed by atoms with E-state index in [1.165, 1.54) is 0 Å². The molecule has 0 bridgehead atoms. The van der Waals surface area contributed by atoms with Crippen LogP contribution in [0.5, 0.6) is 0 Å². The number of carbonyl (C=O) groups excluding carboxylic acids is 1. The van der Waals surface area contributed by atoms with E-state index in [2.05, 4.69) is 21.3 Å². The summed E-state index contributed by atoms with van der Waals surface area (Å²) >= 11 is 6.04. The van der Waals surface area contributed by atoms with Gasteiger partial charge in [0.25, 0.3) is 0 Å². The fourth-order valence-electron chi connectivity index (χ4n) is 2.87. The lowest BCUT2D eigenvalue weighted by Gasteiger charge is -2.19. The van der Waals surface area contributed by atoms with Gasteiger partial charge in [0, 0.05) is 48.2 Å². The van der Waals surface area contributed by atoms with Crippen LogP contribution >= 0.6 is 11.6 Å². The molecule has 0 radical (unpaired) electrons. The summed E-state index contributed by atoms with van der Waals surface area (Å²) in [6.45, 7) is 1.77. The Morgan fingerprint density at radius 1 is 1.30 bits per heavy atom. The average molecular weight is 330 g/mol. The van der Waals surface area contributed by atoms with Crippen LogP contribution in [-0.2, 0) is 11.2 Å². The third kappa shape index (κ3) is 4.45. The van der Waals surface area contributed by atoms with Gasteiger partial charge in [-0.05, 0) is 43.2 Å². The standard InChI is InChI=1S/C18H20ClN3O/c19-14-4-3-6-17(12-14)22-11-9-16(13-22)21-18(23)8-7-15-5-1-2-10-20-15/h1-6,10,12,16H,7-9,11,13H2,(H,21,23)/t16-/m0/s1. The molecule has 2 aromatic rings. The summed E-state index contributed by atoms with van der Waals surface area (Å²) < 4.78 is 0. The van der Waals surface area contributed by atoms with Gasteiger partial charge in [0.2, 0.25) is 5.91 Å². The Labute approximate surface area is 141 Å². The maximum absolute atomic E-state index is 12.1. The molecule has 0 saturated carbocycles. The van der Waals surface area contributed by atoms with Crippen LogP contribution in [-0.4, -0.2) is 30.0 Å². The third-order valence-electron chi connectivity index (χ3n) is 4.06. The topological polar surface area (TPSA) is 45.2 Å². The molecule has 1 saturated heterocycles. The Balaban J connectivity index is 1.47. The number of pyridine rings is 1. The maximum atomic E-state index is 12.1. The average Bonchev–Trinajstić information content (AvgIpc) is 3.02. The molecule has 0 aliphatic carbocycles. The zero-order valence-electron chi connectivity index (χ0n) is 12.9. The molecule has 4 nitrogen and oxygen atoms in total. The summed E-state index contributed by atoms with van der Waals surface area (Å²) in [7, 11) is 0. The van der Waals surface area contributed by atoms with Crippen molar-refractivity contribution in [2.45, 2.75) is 25.3 Å². The van der Waals surface area contributed by atoms with Crippen LogP contribution in [0.25, 0.3) is 0 Å². The summed E-state index contributed by atoms with van der Waals surface area (Å²) in [6.07, 6.45) is 3.87. The molecule has 1 aromatic heterocycles. The lowest BCUT2D eigenvalue weighted by Crippen LogP contribution is -2.37. The van der Waals surface area contributed by atoms with E-state index < -0.39 is 0 Å². The van der Waals surface area contributed by atoms with E-state index in [0.29, 0.717) is 12.8 Å². The smallest absolute Gasteiger partial charge is 0.220 e. The predicted molar refractivity (Wildman–Crippen MR) is 92.8 cm³/mol. The van der Waals surface area contributed by atoms with E-state index in [1.807, 2.05) is 36.4 Å². The van der Waals surface area contributed by atoms with Crippen molar-refractivity contribution in [1.82, 2.24) is 10.3 Å². The molecular formula is C18H20ClN3O. The molecule has 1 amide bonds. The Morgan fingerprint density at radius 3 is 3.00 bits per heavy atom. The first kappa shape index (κ1) is 15.8. The summed E-state index contributed by atoms with van der Waals surface area (Å²) in [5.41, 5.74) is 2.07. The van der Waals surface area contributed by atoms with E-state index in [0.717, 1.165) is 35.9 Å². The highest BCUT2D eigenvalue weighted by Gasteiger charge is 2.24. The van der Waals surface area contributed by atoms with Crippen molar-refractivity contribution in [2.75, 3.05) is 18.0 Å². The van der Waals surface area contributed by atoms with Gasteiger partial charge >= 0.3 is 0 Å². The Hall–Kier alpha value is -2.07. The molecule has 120 valence electrons. The van der Waals surface area contributed by atoms with Gasteiger partial charge in [0.1, 0.15) is 0 Å². The lowest BCUT2D eigenvalue weighted by atomic mass is 10.2. The monoisotopic (exact) mass is 329 g/mol. The van der Waals surface area contributed by atoms with Gasteiger partial charge in [-0.2, -0.15) is 0 Å². The number of hydrogen-bond donors (Lipinski definition) is 1. The van der Waals surface area contributed by atoms with Crippen LogP contribution in [0.3, 0.4) is 0 Å². The zero-order chi connectivity index (χ0) is 16.1. The number of benzene rings is 1. The van der Waals surface area contributed by atoms with Crippen molar-refractivity contribution in [3.05, 3.63) is 59.4 Å². The number of rotatable bonds is 5. The first-order valence-electron chi connectivity index (χ1n) is 7.90. The number of aryl methyl sites for hydroxylation is 1. The first-order valence-corrected chi connectivity index (χ1v) is 8.28. The molecule has 1 N–H and O–H groups in total. The Morgan fingerprint density at radius 2 is 2.22 bits per heavy atom. The highest BCUT2D eigenvalue weighted by molar-refractivity contribution is 6.30. The molecular weight excluding hydrogens is 310 g/mol. The highest BCUT2D eigenvalue weighted by atomic mass is 35.5. The minimum absolute atomic E-state index is 0.0913. The van der Waals surface area contributed by atoms with Crippen molar-refractivity contribution >= 4 is 23.2 Å². The molecule has 3 rings (SSSR count).